The van der Waals surface area contributed by atoms with Crippen LogP contribution in [0.5, 0.6) is 0 Å². The number of benzene rings is 6. The fourth-order valence-corrected chi connectivity index (χ4v) is 7.15. The summed E-state index contributed by atoms with van der Waals surface area (Å²) in [4.78, 5) is 0. The van der Waals surface area contributed by atoms with Gasteiger partial charge in [0.2, 0.25) is 0 Å². The van der Waals surface area contributed by atoms with E-state index in [1.54, 1.807) is 21.3 Å². The van der Waals surface area contributed by atoms with Gasteiger partial charge in [-0.25, -0.2) is 8.78 Å². The summed E-state index contributed by atoms with van der Waals surface area (Å²) in [7, 11) is 0. The number of fused-ring (bicyclic) bond motifs is 6. The average Bonchev–Trinajstić information content (AvgIpc) is 3.51. The highest BCUT2D eigenvalue weighted by Crippen LogP contribution is 2.46. The van der Waals surface area contributed by atoms with E-state index < -0.39 is 28.9 Å². The highest BCUT2D eigenvalue weighted by Gasteiger charge is 2.37. The van der Waals surface area contributed by atoms with Crippen LogP contribution < -0.4 is 0 Å². The summed E-state index contributed by atoms with van der Waals surface area (Å²) in [6.45, 7) is 7.76. The molecule has 0 N–H and O–H groups in total. The standard InChI is InChI=1S/C41H29F5N2/c1-22-8-12-34-26(16-22)27-17-23(2)9-13-35(27)47(34)38-21-31(41(44,45)46)39(20-30(38)40-32(42)6-5-7-33(40)43)48-36-14-10-24(3)18-28(36)29-19-25(4)11-15-37(29)48/h5-21H,1-4H3. The number of aryl methyl sites for hydroxylation is 4. The van der Waals surface area contributed by atoms with Crippen LogP contribution in [-0.4, -0.2) is 9.13 Å². The summed E-state index contributed by atoms with van der Waals surface area (Å²) in [5.74, 6) is -1.74. The molecule has 0 atom stereocenters. The molecule has 0 aliphatic heterocycles. The van der Waals surface area contributed by atoms with Crippen molar-refractivity contribution in [2.45, 2.75) is 33.9 Å². The van der Waals surface area contributed by atoms with Crippen LogP contribution in [0.1, 0.15) is 27.8 Å². The fraction of sp³-hybridized carbons (Fsp3) is 0.122. The van der Waals surface area contributed by atoms with E-state index in [1.165, 1.54) is 12.1 Å². The van der Waals surface area contributed by atoms with Gasteiger partial charge in [-0.15, -0.1) is 0 Å². The number of hydrogen-bond donors (Lipinski definition) is 0. The Morgan fingerprint density at radius 2 is 0.833 bits per heavy atom. The number of rotatable bonds is 3. The van der Waals surface area contributed by atoms with Crippen LogP contribution in [0.25, 0.3) is 66.1 Å². The molecule has 0 spiro atoms. The molecule has 0 radical (unpaired) electrons. The second kappa shape index (κ2) is 10.5. The third-order valence-electron chi connectivity index (χ3n) is 9.29. The van der Waals surface area contributed by atoms with Crippen molar-refractivity contribution in [2.75, 3.05) is 0 Å². The minimum atomic E-state index is -4.82. The number of aromatic nitrogens is 2. The first-order valence-electron chi connectivity index (χ1n) is 15.6. The Balaban J connectivity index is 1.59. The second-order valence-corrected chi connectivity index (χ2v) is 12.7. The van der Waals surface area contributed by atoms with Crippen molar-refractivity contribution >= 4 is 43.6 Å². The molecule has 238 valence electrons. The molecule has 0 saturated heterocycles. The van der Waals surface area contributed by atoms with E-state index in [0.717, 1.165) is 62.0 Å². The smallest absolute Gasteiger partial charge is 0.309 e. The number of halogens is 5. The van der Waals surface area contributed by atoms with Gasteiger partial charge >= 0.3 is 6.18 Å². The normalized spacial score (nSPS) is 12.3. The first-order chi connectivity index (χ1) is 22.9. The summed E-state index contributed by atoms with van der Waals surface area (Å²) in [5, 5.41) is 3.24. The topological polar surface area (TPSA) is 9.86 Å². The fourth-order valence-electron chi connectivity index (χ4n) is 7.15. The lowest BCUT2D eigenvalue weighted by Crippen LogP contribution is -2.13. The Hall–Kier alpha value is -5.43. The van der Waals surface area contributed by atoms with Crippen LogP contribution in [0.4, 0.5) is 22.0 Å². The first kappa shape index (κ1) is 29.9. The molecule has 6 aromatic carbocycles. The van der Waals surface area contributed by atoms with Gasteiger partial charge < -0.3 is 9.13 Å². The van der Waals surface area contributed by atoms with Crippen LogP contribution in [-0.2, 0) is 6.18 Å². The lowest BCUT2D eigenvalue weighted by molar-refractivity contribution is -0.137. The second-order valence-electron chi connectivity index (χ2n) is 12.7. The van der Waals surface area contributed by atoms with Crippen LogP contribution in [0.3, 0.4) is 0 Å². The van der Waals surface area contributed by atoms with E-state index in [2.05, 4.69) is 0 Å². The van der Waals surface area contributed by atoms with Crippen molar-refractivity contribution in [3.8, 4) is 22.5 Å². The van der Waals surface area contributed by atoms with Crippen LogP contribution in [0, 0.1) is 39.3 Å². The molecule has 2 aromatic heterocycles. The molecule has 0 unspecified atom stereocenters. The lowest BCUT2D eigenvalue weighted by atomic mass is 9.97. The predicted octanol–water partition coefficient (Wildman–Crippen LogP) is 12.1. The van der Waals surface area contributed by atoms with Gasteiger partial charge in [-0.05, 0) is 100 Å². The zero-order valence-corrected chi connectivity index (χ0v) is 26.6. The van der Waals surface area contributed by atoms with E-state index in [-0.39, 0.29) is 16.9 Å². The summed E-state index contributed by atoms with van der Waals surface area (Å²) < 4.78 is 81.2. The molecule has 0 aliphatic rings. The quantitative estimate of drug-likeness (QED) is 0.169. The highest BCUT2D eigenvalue weighted by atomic mass is 19.4. The van der Waals surface area contributed by atoms with E-state index >= 15 is 22.0 Å². The molecule has 0 bridgehead atoms. The Bertz CT molecular complexity index is 2480. The van der Waals surface area contributed by atoms with Crippen LogP contribution >= 0.6 is 0 Å². The largest absolute Gasteiger partial charge is 0.418 e. The van der Waals surface area contributed by atoms with Crippen LogP contribution in [0.2, 0.25) is 0 Å². The molecular weight excluding hydrogens is 615 g/mol. The maximum atomic E-state index is 15.8. The molecule has 8 aromatic rings. The molecule has 0 saturated carbocycles. The van der Waals surface area contributed by atoms with E-state index in [1.807, 2.05) is 88.4 Å². The Labute approximate surface area is 273 Å². The minimum Gasteiger partial charge on any atom is -0.309 e. The molecule has 8 rings (SSSR count). The minimum absolute atomic E-state index is 0.00257. The van der Waals surface area contributed by atoms with Crippen molar-refractivity contribution in [3.63, 3.8) is 0 Å². The zero-order chi connectivity index (χ0) is 33.6. The third kappa shape index (κ3) is 4.52. The molecule has 0 amide bonds. The van der Waals surface area contributed by atoms with Gasteiger partial charge in [0, 0.05) is 27.1 Å². The van der Waals surface area contributed by atoms with Gasteiger partial charge in [0.25, 0.3) is 0 Å². The average molecular weight is 645 g/mol. The van der Waals surface area contributed by atoms with Gasteiger partial charge in [-0.2, -0.15) is 13.2 Å². The monoisotopic (exact) mass is 644 g/mol. The molecule has 2 heterocycles. The van der Waals surface area contributed by atoms with Crippen molar-refractivity contribution in [2.24, 2.45) is 0 Å². The molecule has 0 aliphatic carbocycles. The predicted molar refractivity (Wildman–Crippen MR) is 184 cm³/mol. The van der Waals surface area contributed by atoms with Gasteiger partial charge in [-0.3, -0.25) is 0 Å². The van der Waals surface area contributed by atoms with Gasteiger partial charge in [0.1, 0.15) is 11.6 Å². The van der Waals surface area contributed by atoms with Gasteiger partial charge in [-0.1, -0.05) is 52.6 Å². The zero-order valence-electron chi connectivity index (χ0n) is 26.6. The molecule has 0 fully saturated rings. The highest BCUT2D eigenvalue weighted by molar-refractivity contribution is 6.11. The Morgan fingerprint density at radius 3 is 1.21 bits per heavy atom. The maximum absolute atomic E-state index is 15.8. The maximum Gasteiger partial charge on any atom is 0.418 e. The molecular formula is C41H29F5N2. The van der Waals surface area contributed by atoms with Crippen molar-refractivity contribution in [1.29, 1.82) is 0 Å². The molecule has 48 heavy (non-hydrogen) atoms. The number of hydrogen-bond acceptors (Lipinski definition) is 0. The Kier molecular flexibility index (Phi) is 6.57. The van der Waals surface area contributed by atoms with E-state index in [0.29, 0.717) is 22.1 Å². The molecule has 2 nitrogen and oxygen atoms in total. The Morgan fingerprint density at radius 1 is 0.458 bits per heavy atom. The third-order valence-corrected chi connectivity index (χ3v) is 9.29. The summed E-state index contributed by atoms with van der Waals surface area (Å²) in [6.07, 6.45) is -4.82. The van der Waals surface area contributed by atoms with E-state index in [9.17, 15) is 0 Å². The SMILES string of the molecule is Cc1ccc2c(c1)c1cc(C)ccc1n2-c1cc(C(F)(F)F)c(-n2c3ccc(C)cc3c3cc(C)ccc32)cc1-c1c(F)cccc1F. The summed E-state index contributed by atoms with van der Waals surface area (Å²) in [6, 6.07) is 28.5. The first-order valence-corrected chi connectivity index (χ1v) is 15.6. The van der Waals surface area contributed by atoms with Gasteiger partial charge in [0.05, 0.1) is 44.6 Å². The van der Waals surface area contributed by atoms with E-state index in [4.69, 9.17) is 0 Å². The van der Waals surface area contributed by atoms with Crippen molar-refractivity contribution in [3.05, 3.63) is 143 Å². The number of nitrogens with zero attached hydrogens (tertiary/aromatic N) is 2. The van der Waals surface area contributed by atoms with Gasteiger partial charge in [0.15, 0.2) is 0 Å². The summed E-state index contributed by atoms with van der Waals surface area (Å²) >= 11 is 0. The summed E-state index contributed by atoms with van der Waals surface area (Å²) in [5.41, 5.74) is 4.73. The van der Waals surface area contributed by atoms with Crippen molar-refractivity contribution < 1.29 is 22.0 Å². The number of alkyl halides is 3. The molecule has 7 heteroatoms. The lowest BCUT2D eigenvalue weighted by Gasteiger charge is -2.22. The van der Waals surface area contributed by atoms with Crippen LogP contribution in [0.15, 0.2) is 103 Å². The van der Waals surface area contributed by atoms with Crippen molar-refractivity contribution in [1.82, 2.24) is 9.13 Å².